The minimum Gasteiger partial charge on any atom is -0.351 e. The fraction of sp³-hybridized carbons (Fsp3) is 0.375. The Balaban J connectivity index is 2.50. The highest BCUT2D eigenvalue weighted by molar-refractivity contribution is 14.1. The number of benzene rings is 1. The van der Waals surface area contributed by atoms with Crippen molar-refractivity contribution in [2.45, 2.75) is 26.8 Å². The van der Waals surface area contributed by atoms with Gasteiger partial charge >= 0.3 is 0 Å². The summed E-state index contributed by atoms with van der Waals surface area (Å²) in [6.45, 7) is 7.27. The number of rotatable bonds is 4. The molecule has 2 rings (SSSR count). The molecule has 1 aromatic carbocycles. The van der Waals surface area contributed by atoms with Crippen LogP contribution in [-0.4, -0.2) is 29.0 Å². The Bertz CT molecular complexity index is 626. The molecule has 118 valence electrons. The Morgan fingerprint density at radius 1 is 1.32 bits per heavy atom. The molecule has 6 heteroatoms. The molecule has 1 atom stereocenters. The minimum absolute atomic E-state index is 0.0506. The van der Waals surface area contributed by atoms with Gasteiger partial charge in [0.2, 0.25) is 0 Å². The number of hydrogen-bond acceptors (Lipinski definition) is 2. The van der Waals surface area contributed by atoms with Crippen LogP contribution in [0.4, 0.5) is 0 Å². The van der Waals surface area contributed by atoms with Gasteiger partial charge in [0.05, 0.1) is 11.6 Å². The van der Waals surface area contributed by atoms with Gasteiger partial charge in [-0.3, -0.25) is 4.79 Å². The van der Waals surface area contributed by atoms with Crippen LogP contribution < -0.4 is 10.6 Å². The van der Waals surface area contributed by atoms with E-state index < -0.39 is 0 Å². The van der Waals surface area contributed by atoms with Crippen molar-refractivity contribution in [1.29, 1.82) is 0 Å². The van der Waals surface area contributed by atoms with E-state index in [1.165, 1.54) is 0 Å². The number of thiocarbonyl (C=S) groups is 1. The van der Waals surface area contributed by atoms with Crippen molar-refractivity contribution in [3.8, 4) is 0 Å². The molecular weight excluding hydrogens is 409 g/mol. The molecule has 0 saturated carbocycles. The van der Waals surface area contributed by atoms with Crippen LogP contribution in [0.2, 0.25) is 0 Å². The molecule has 1 aromatic rings. The van der Waals surface area contributed by atoms with Gasteiger partial charge in [0, 0.05) is 22.4 Å². The third-order valence-electron chi connectivity index (χ3n) is 3.77. The zero-order valence-electron chi connectivity index (χ0n) is 12.9. The number of nitrogens with one attached hydrogen (secondary N) is 2. The number of nitrogens with zero attached hydrogens (tertiary/aromatic N) is 1. The largest absolute Gasteiger partial charge is 0.351 e. The van der Waals surface area contributed by atoms with Crippen LogP contribution in [0.5, 0.6) is 0 Å². The van der Waals surface area contributed by atoms with Crippen LogP contribution in [0.15, 0.2) is 35.5 Å². The van der Waals surface area contributed by atoms with Crippen LogP contribution in [0.1, 0.15) is 32.4 Å². The summed E-state index contributed by atoms with van der Waals surface area (Å²) in [5.74, 6) is 0.0506. The van der Waals surface area contributed by atoms with Gasteiger partial charge in [-0.25, -0.2) is 0 Å². The highest BCUT2D eigenvalue weighted by Gasteiger charge is 2.32. The molecule has 0 unspecified atom stereocenters. The number of allylic oxidation sites excluding steroid dienone is 1. The summed E-state index contributed by atoms with van der Waals surface area (Å²) in [6, 6.07) is 7.84. The summed E-state index contributed by atoms with van der Waals surface area (Å²) in [4.78, 5) is 14.7. The van der Waals surface area contributed by atoms with E-state index in [-0.39, 0.29) is 11.9 Å². The lowest BCUT2D eigenvalue weighted by molar-refractivity contribution is -0.127. The van der Waals surface area contributed by atoms with Gasteiger partial charge in [0.1, 0.15) is 0 Å². The molecule has 1 amide bonds. The zero-order valence-corrected chi connectivity index (χ0v) is 15.9. The van der Waals surface area contributed by atoms with Gasteiger partial charge in [0.25, 0.3) is 5.91 Å². The second-order valence-electron chi connectivity index (χ2n) is 5.07. The Morgan fingerprint density at radius 3 is 2.55 bits per heavy atom. The summed E-state index contributed by atoms with van der Waals surface area (Å²) in [5, 5.41) is 6.88. The summed E-state index contributed by atoms with van der Waals surface area (Å²) in [5.41, 5.74) is 2.63. The summed E-state index contributed by atoms with van der Waals surface area (Å²) >= 11 is 7.58. The molecule has 0 fully saturated rings. The Labute approximate surface area is 150 Å². The first-order valence-corrected chi connectivity index (χ1v) is 8.80. The van der Waals surface area contributed by atoms with Crippen molar-refractivity contribution >= 4 is 45.8 Å². The highest BCUT2D eigenvalue weighted by Crippen LogP contribution is 2.30. The third kappa shape index (κ3) is 3.43. The maximum Gasteiger partial charge on any atom is 0.253 e. The first-order chi connectivity index (χ1) is 10.5. The molecule has 0 spiro atoms. The summed E-state index contributed by atoms with van der Waals surface area (Å²) in [6.07, 6.45) is 0. The van der Waals surface area contributed by atoms with Crippen LogP contribution in [0.3, 0.4) is 0 Å². The molecule has 2 N–H and O–H groups in total. The van der Waals surface area contributed by atoms with Crippen LogP contribution in [0, 0.1) is 3.57 Å². The number of halogens is 1. The molecule has 0 aliphatic carbocycles. The van der Waals surface area contributed by atoms with Gasteiger partial charge in [-0.1, -0.05) is 18.2 Å². The van der Waals surface area contributed by atoms with E-state index in [2.05, 4.69) is 33.2 Å². The molecule has 1 heterocycles. The van der Waals surface area contributed by atoms with E-state index in [9.17, 15) is 4.79 Å². The van der Waals surface area contributed by atoms with Gasteiger partial charge in [-0.2, -0.15) is 0 Å². The summed E-state index contributed by atoms with van der Waals surface area (Å²) < 4.78 is 1.11. The van der Waals surface area contributed by atoms with E-state index in [0.29, 0.717) is 18.2 Å². The van der Waals surface area contributed by atoms with Crippen LogP contribution in [0.25, 0.3) is 0 Å². The average molecular weight is 429 g/mol. The lowest BCUT2D eigenvalue weighted by Gasteiger charge is -2.33. The smallest absolute Gasteiger partial charge is 0.253 e. The number of likely N-dealkylation sites (N-methyl/N-ethyl adjacent to an activating group) is 1. The van der Waals surface area contributed by atoms with Crippen molar-refractivity contribution in [3.63, 3.8) is 0 Å². The average Bonchev–Trinajstić information content (AvgIpc) is 2.48. The molecule has 1 aliphatic rings. The third-order valence-corrected chi connectivity index (χ3v) is 4.97. The fourth-order valence-corrected chi connectivity index (χ4v) is 3.57. The maximum atomic E-state index is 12.9. The molecule has 0 bridgehead atoms. The molecule has 0 radical (unpaired) electrons. The van der Waals surface area contributed by atoms with Gasteiger partial charge in [-0.05, 0) is 67.2 Å². The molecule has 1 aliphatic heterocycles. The SMILES string of the molecule is CCN(CC)C(=O)C1=C(C)NC(=S)N[C@@H]1c1ccccc1I. The Hall–Kier alpha value is -1.15. The first kappa shape index (κ1) is 17.2. The molecule has 22 heavy (non-hydrogen) atoms. The second kappa shape index (κ2) is 7.41. The normalized spacial score (nSPS) is 17.8. The topological polar surface area (TPSA) is 44.4 Å². The van der Waals surface area contributed by atoms with Crippen LogP contribution >= 0.6 is 34.8 Å². The van der Waals surface area contributed by atoms with E-state index in [1.807, 2.05) is 49.9 Å². The fourth-order valence-electron chi connectivity index (χ4n) is 2.60. The lowest BCUT2D eigenvalue weighted by atomic mass is 9.94. The molecule has 4 nitrogen and oxygen atoms in total. The zero-order chi connectivity index (χ0) is 16.3. The van der Waals surface area contributed by atoms with Crippen molar-refractivity contribution in [2.75, 3.05) is 13.1 Å². The second-order valence-corrected chi connectivity index (χ2v) is 6.64. The number of carbonyl (C=O) groups excluding carboxylic acids is 1. The van der Waals surface area contributed by atoms with Gasteiger partial charge in [0.15, 0.2) is 5.11 Å². The molecular formula is C16H20IN3OS. The quantitative estimate of drug-likeness (QED) is 0.571. The van der Waals surface area contributed by atoms with Gasteiger partial charge in [-0.15, -0.1) is 0 Å². The number of amides is 1. The Kier molecular flexibility index (Phi) is 5.80. The number of hydrogen-bond donors (Lipinski definition) is 2. The van der Waals surface area contributed by atoms with E-state index in [1.54, 1.807) is 0 Å². The van der Waals surface area contributed by atoms with Crippen molar-refractivity contribution in [2.24, 2.45) is 0 Å². The van der Waals surface area contributed by atoms with Crippen molar-refractivity contribution in [1.82, 2.24) is 15.5 Å². The highest BCUT2D eigenvalue weighted by atomic mass is 127. The van der Waals surface area contributed by atoms with E-state index in [0.717, 1.165) is 20.4 Å². The summed E-state index contributed by atoms with van der Waals surface area (Å²) in [7, 11) is 0. The monoisotopic (exact) mass is 429 g/mol. The Morgan fingerprint density at radius 2 is 1.95 bits per heavy atom. The maximum absolute atomic E-state index is 12.9. The predicted molar refractivity (Wildman–Crippen MR) is 101 cm³/mol. The van der Waals surface area contributed by atoms with Crippen LogP contribution in [-0.2, 0) is 4.79 Å². The van der Waals surface area contributed by atoms with Crippen molar-refractivity contribution in [3.05, 3.63) is 44.7 Å². The predicted octanol–water partition coefficient (Wildman–Crippen LogP) is 2.95. The molecule has 0 saturated heterocycles. The van der Waals surface area contributed by atoms with E-state index in [4.69, 9.17) is 12.2 Å². The molecule has 0 aromatic heterocycles. The standard InChI is InChI=1S/C16H20IN3OS/c1-4-20(5-2)15(21)13-10(3)18-16(22)19-14(13)11-8-6-7-9-12(11)17/h6-9,14H,4-5H2,1-3H3,(H2,18,19,22)/t14-/m1/s1. The minimum atomic E-state index is -0.213. The lowest BCUT2D eigenvalue weighted by Crippen LogP contribution is -2.47. The van der Waals surface area contributed by atoms with E-state index >= 15 is 0 Å². The van der Waals surface area contributed by atoms with Crippen molar-refractivity contribution < 1.29 is 4.79 Å². The number of carbonyl (C=O) groups is 1. The van der Waals surface area contributed by atoms with Gasteiger partial charge < -0.3 is 15.5 Å². The first-order valence-electron chi connectivity index (χ1n) is 7.31.